The number of benzene rings is 3. The summed E-state index contributed by atoms with van der Waals surface area (Å²) in [6.07, 6.45) is 1.54. The zero-order chi connectivity index (χ0) is 24.4. The Bertz CT molecular complexity index is 1330. The van der Waals surface area contributed by atoms with Crippen LogP contribution in [-0.4, -0.2) is 33.1 Å². The van der Waals surface area contributed by atoms with E-state index in [2.05, 4.69) is 0 Å². The summed E-state index contributed by atoms with van der Waals surface area (Å²) in [4.78, 5) is 25.4. The van der Waals surface area contributed by atoms with E-state index < -0.39 is 11.8 Å². The molecule has 7 nitrogen and oxygen atoms in total. The molecule has 0 saturated heterocycles. The quantitative estimate of drug-likeness (QED) is 0.289. The molecule has 1 heterocycles. The lowest BCUT2D eigenvalue weighted by atomic mass is 10.0. The fraction of sp³-hybridized carbons (Fsp3) is 0.154. The van der Waals surface area contributed by atoms with Crippen molar-refractivity contribution in [1.82, 2.24) is 0 Å². The van der Waals surface area contributed by atoms with Gasteiger partial charge >= 0.3 is 5.97 Å². The first-order chi connectivity index (χ1) is 16.4. The highest BCUT2D eigenvalue weighted by molar-refractivity contribution is 6.15. The van der Waals surface area contributed by atoms with Gasteiger partial charge in [0.1, 0.15) is 17.3 Å². The summed E-state index contributed by atoms with van der Waals surface area (Å²) in [5.41, 5.74) is 1.23. The molecule has 3 aromatic carbocycles. The first-order valence-electron chi connectivity index (χ1n) is 10.2. The lowest BCUT2D eigenvalue weighted by molar-refractivity contribution is 0.0729. The predicted octanol–water partition coefficient (Wildman–Crippen LogP) is 5.00. The zero-order valence-electron chi connectivity index (χ0n) is 18.9. The molecule has 0 bridgehead atoms. The Morgan fingerprint density at radius 2 is 1.71 bits per heavy atom. The van der Waals surface area contributed by atoms with E-state index in [4.69, 9.17) is 23.7 Å². The van der Waals surface area contributed by atoms with E-state index in [-0.39, 0.29) is 28.6 Å². The smallest absolute Gasteiger partial charge is 0.346 e. The molecule has 174 valence electrons. The number of ketones is 1. The maximum absolute atomic E-state index is 13.9. The summed E-state index contributed by atoms with van der Waals surface area (Å²) < 4.78 is 41.2. The molecule has 0 fully saturated rings. The van der Waals surface area contributed by atoms with Gasteiger partial charge in [-0.1, -0.05) is 12.1 Å². The lowest BCUT2D eigenvalue weighted by Gasteiger charge is -2.14. The van der Waals surface area contributed by atoms with Crippen molar-refractivity contribution in [2.45, 2.75) is 6.92 Å². The molecule has 8 heteroatoms. The number of aryl methyl sites for hydroxylation is 1. The van der Waals surface area contributed by atoms with Gasteiger partial charge in [0.05, 0.1) is 32.5 Å². The molecule has 4 rings (SSSR count). The SMILES string of the molecule is COc1ccc(/C=C2\Oc3cc(OC(=O)c4ccccc4F)cc(C)c3C2=O)c(OC)c1OC. The van der Waals surface area contributed by atoms with Gasteiger partial charge in [-0.15, -0.1) is 0 Å². The monoisotopic (exact) mass is 464 g/mol. The molecule has 0 aliphatic carbocycles. The third-order valence-corrected chi connectivity index (χ3v) is 5.27. The maximum atomic E-state index is 13.9. The molecular weight excluding hydrogens is 443 g/mol. The number of allylic oxidation sites excluding steroid dienone is 1. The van der Waals surface area contributed by atoms with Crippen LogP contribution in [0.5, 0.6) is 28.7 Å². The fourth-order valence-electron chi connectivity index (χ4n) is 3.70. The lowest BCUT2D eigenvalue weighted by Crippen LogP contribution is -2.10. The maximum Gasteiger partial charge on any atom is 0.346 e. The number of methoxy groups -OCH3 is 3. The molecule has 0 amide bonds. The van der Waals surface area contributed by atoms with Crippen molar-refractivity contribution in [3.63, 3.8) is 0 Å². The first-order valence-corrected chi connectivity index (χ1v) is 10.2. The average molecular weight is 464 g/mol. The first kappa shape index (κ1) is 22.8. The Labute approximate surface area is 195 Å². The van der Waals surface area contributed by atoms with E-state index >= 15 is 0 Å². The number of ether oxygens (including phenoxy) is 5. The van der Waals surface area contributed by atoms with Gasteiger partial charge in [0.15, 0.2) is 17.3 Å². The Hall–Kier alpha value is -4.33. The number of carbonyl (C=O) groups is 2. The van der Waals surface area contributed by atoms with Gasteiger partial charge in [-0.25, -0.2) is 9.18 Å². The molecule has 0 unspecified atom stereocenters. The topological polar surface area (TPSA) is 80.3 Å². The minimum Gasteiger partial charge on any atom is -0.493 e. The van der Waals surface area contributed by atoms with Crippen LogP contribution in [-0.2, 0) is 0 Å². The van der Waals surface area contributed by atoms with Crippen molar-refractivity contribution in [3.05, 3.63) is 82.4 Å². The van der Waals surface area contributed by atoms with Crippen molar-refractivity contribution in [1.29, 1.82) is 0 Å². The molecule has 0 aromatic heterocycles. The van der Waals surface area contributed by atoms with Crippen molar-refractivity contribution in [2.24, 2.45) is 0 Å². The van der Waals surface area contributed by atoms with Crippen molar-refractivity contribution >= 4 is 17.8 Å². The molecule has 3 aromatic rings. The van der Waals surface area contributed by atoms with Crippen LogP contribution < -0.4 is 23.7 Å². The Morgan fingerprint density at radius 3 is 2.38 bits per heavy atom. The number of fused-ring (bicyclic) bond motifs is 1. The van der Waals surface area contributed by atoms with E-state index in [1.807, 2.05) is 0 Å². The summed E-state index contributed by atoms with van der Waals surface area (Å²) in [5, 5.41) is 0. The third kappa shape index (κ3) is 4.05. The highest BCUT2D eigenvalue weighted by Gasteiger charge is 2.31. The standard InChI is InChI=1S/C26H21FO7/c1-14-11-16(33-26(29)17-7-5-6-8-18(17)27)13-20-22(14)23(28)21(34-20)12-15-9-10-19(30-2)25(32-4)24(15)31-3/h5-13H,1-4H3/b21-12-. The van der Waals surface area contributed by atoms with Crippen LogP contribution in [0.2, 0.25) is 0 Å². The van der Waals surface area contributed by atoms with Crippen LogP contribution in [0.1, 0.15) is 31.8 Å². The van der Waals surface area contributed by atoms with E-state index in [1.165, 1.54) is 63.8 Å². The summed E-state index contributed by atoms with van der Waals surface area (Å²) in [6, 6.07) is 11.9. The second kappa shape index (κ2) is 9.27. The normalized spacial score (nSPS) is 13.3. The van der Waals surface area contributed by atoms with Gasteiger partial charge in [-0.05, 0) is 48.9 Å². The van der Waals surface area contributed by atoms with Crippen LogP contribution in [0.15, 0.2) is 54.3 Å². The van der Waals surface area contributed by atoms with E-state index in [0.29, 0.717) is 33.9 Å². The second-order valence-electron chi connectivity index (χ2n) is 7.35. The third-order valence-electron chi connectivity index (χ3n) is 5.27. The Morgan fingerprint density at radius 1 is 0.971 bits per heavy atom. The van der Waals surface area contributed by atoms with Gasteiger partial charge < -0.3 is 23.7 Å². The molecule has 1 aliphatic heterocycles. The van der Waals surface area contributed by atoms with E-state index in [9.17, 15) is 14.0 Å². The summed E-state index contributed by atoms with van der Waals surface area (Å²) in [6.45, 7) is 1.69. The highest BCUT2D eigenvalue weighted by atomic mass is 19.1. The van der Waals surface area contributed by atoms with Crippen molar-refractivity contribution in [3.8, 4) is 28.7 Å². The minimum atomic E-state index is -0.854. The van der Waals surface area contributed by atoms with Crippen LogP contribution in [0, 0.1) is 12.7 Å². The van der Waals surface area contributed by atoms with Gasteiger partial charge in [-0.2, -0.15) is 0 Å². The number of hydrogen-bond acceptors (Lipinski definition) is 7. The molecule has 0 spiro atoms. The van der Waals surface area contributed by atoms with Crippen LogP contribution in [0.25, 0.3) is 6.08 Å². The van der Waals surface area contributed by atoms with E-state index in [0.717, 1.165) is 0 Å². The minimum absolute atomic E-state index is 0.0567. The van der Waals surface area contributed by atoms with Gasteiger partial charge in [0, 0.05) is 11.6 Å². The molecule has 1 aliphatic rings. The molecule has 0 N–H and O–H groups in total. The molecular formula is C26H21FO7. The second-order valence-corrected chi connectivity index (χ2v) is 7.35. The van der Waals surface area contributed by atoms with Crippen LogP contribution >= 0.6 is 0 Å². The van der Waals surface area contributed by atoms with Crippen LogP contribution in [0.4, 0.5) is 4.39 Å². The molecule has 0 radical (unpaired) electrons. The number of halogens is 1. The summed E-state index contributed by atoms with van der Waals surface area (Å²) >= 11 is 0. The number of esters is 1. The zero-order valence-corrected chi connectivity index (χ0v) is 18.9. The van der Waals surface area contributed by atoms with Crippen molar-refractivity contribution in [2.75, 3.05) is 21.3 Å². The molecule has 34 heavy (non-hydrogen) atoms. The number of Topliss-reactive ketones (excluding diaryl/α,β-unsaturated/α-hetero) is 1. The van der Waals surface area contributed by atoms with E-state index in [1.54, 1.807) is 19.1 Å². The summed E-state index contributed by atoms with van der Waals surface area (Å²) in [5.74, 6) is -0.246. The molecule has 0 atom stereocenters. The predicted molar refractivity (Wildman–Crippen MR) is 122 cm³/mol. The Balaban J connectivity index is 1.66. The molecule has 0 saturated carbocycles. The van der Waals surface area contributed by atoms with Gasteiger partial charge in [0.25, 0.3) is 0 Å². The number of rotatable bonds is 6. The average Bonchev–Trinajstić information content (AvgIpc) is 3.13. The number of hydrogen-bond donors (Lipinski definition) is 0. The Kier molecular flexibility index (Phi) is 6.23. The van der Waals surface area contributed by atoms with Gasteiger partial charge in [-0.3, -0.25) is 4.79 Å². The van der Waals surface area contributed by atoms with Crippen molar-refractivity contribution < 1.29 is 37.7 Å². The highest BCUT2D eigenvalue weighted by Crippen LogP contribution is 2.42. The number of carbonyl (C=O) groups excluding carboxylic acids is 2. The van der Waals surface area contributed by atoms with Gasteiger partial charge in [0.2, 0.25) is 11.5 Å². The fourth-order valence-corrected chi connectivity index (χ4v) is 3.70. The largest absolute Gasteiger partial charge is 0.493 e. The van der Waals surface area contributed by atoms with Crippen LogP contribution in [0.3, 0.4) is 0 Å². The summed E-state index contributed by atoms with van der Waals surface area (Å²) in [7, 11) is 4.47.